The van der Waals surface area contributed by atoms with Crippen LogP contribution in [0.5, 0.6) is 0 Å². The Labute approximate surface area is 152 Å². The average molecular weight is 352 g/mol. The molecule has 1 aliphatic heterocycles. The number of nitrogens with zero attached hydrogens (tertiary/aromatic N) is 5. The number of hydrogen-bond acceptors (Lipinski definition) is 4. The highest BCUT2D eigenvalue weighted by molar-refractivity contribution is 5.77. The lowest BCUT2D eigenvalue weighted by atomic mass is 9.93. The lowest BCUT2D eigenvalue weighted by Crippen LogP contribution is -2.39. The number of hydrogen-bond donors (Lipinski definition) is 1. The lowest BCUT2D eigenvalue weighted by molar-refractivity contribution is -0.132. The van der Waals surface area contributed by atoms with Crippen LogP contribution in [0.3, 0.4) is 0 Å². The third-order valence-electron chi connectivity index (χ3n) is 5.46. The van der Waals surface area contributed by atoms with E-state index in [4.69, 9.17) is 4.98 Å². The van der Waals surface area contributed by atoms with Gasteiger partial charge >= 0.3 is 0 Å². The first-order chi connectivity index (χ1) is 12.6. The summed E-state index contributed by atoms with van der Waals surface area (Å²) in [4.78, 5) is 19.4. The number of pyridine rings is 1. The molecule has 1 N–H and O–H groups in total. The second-order valence-corrected chi connectivity index (χ2v) is 7.10. The van der Waals surface area contributed by atoms with Crippen LogP contribution in [0.25, 0.3) is 11.0 Å². The van der Waals surface area contributed by atoms with Gasteiger partial charge in [0.25, 0.3) is 0 Å². The second-order valence-electron chi connectivity index (χ2n) is 7.10. The predicted octanol–water partition coefficient (Wildman–Crippen LogP) is 2.34. The molecule has 136 valence electrons. The van der Waals surface area contributed by atoms with Gasteiger partial charge in [-0.1, -0.05) is 0 Å². The van der Waals surface area contributed by atoms with Gasteiger partial charge in [-0.2, -0.15) is 10.2 Å². The average Bonchev–Trinajstić information content (AvgIpc) is 3.26. The molecule has 1 atom stereocenters. The molecule has 0 radical (unpaired) electrons. The summed E-state index contributed by atoms with van der Waals surface area (Å²) in [6.45, 7) is 3.63. The van der Waals surface area contributed by atoms with Crippen LogP contribution in [0, 0.1) is 6.92 Å². The maximum atomic E-state index is 12.7. The monoisotopic (exact) mass is 352 g/mol. The van der Waals surface area contributed by atoms with E-state index in [1.54, 1.807) is 6.20 Å². The summed E-state index contributed by atoms with van der Waals surface area (Å²) in [6.07, 6.45) is 7.02. The Kier molecular flexibility index (Phi) is 4.44. The predicted molar refractivity (Wildman–Crippen MR) is 98.7 cm³/mol. The number of amides is 1. The van der Waals surface area contributed by atoms with E-state index in [0.717, 1.165) is 60.3 Å². The number of aromatic nitrogens is 5. The molecular formula is C19H24N6O. The quantitative estimate of drug-likeness (QED) is 0.781. The molecule has 1 fully saturated rings. The van der Waals surface area contributed by atoms with Crippen LogP contribution in [-0.2, 0) is 18.3 Å². The molecule has 26 heavy (non-hydrogen) atoms. The molecule has 3 aromatic rings. The van der Waals surface area contributed by atoms with E-state index in [9.17, 15) is 4.79 Å². The molecule has 0 unspecified atom stereocenters. The summed E-state index contributed by atoms with van der Waals surface area (Å²) in [7, 11) is 1.93. The number of likely N-dealkylation sites (tertiary alicyclic amines) is 1. The highest BCUT2D eigenvalue weighted by atomic mass is 16.2. The number of aromatic amines is 1. The zero-order chi connectivity index (χ0) is 18.1. The van der Waals surface area contributed by atoms with Crippen LogP contribution >= 0.6 is 0 Å². The smallest absolute Gasteiger partial charge is 0.222 e. The van der Waals surface area contributed by atoms with Crippen molar-refractivity contribution in [2.24, 2.45) is 7.05 Å². The van der Waals surface area contributed by atoms with Crippen LogP contribution in [0.1, 0.15) is 42.1 Å². The van der Waals surface area contributed by atoms with Gasteiger partial charge in [-0.3, -0.25) is 14.6 Å². The Bertz CT molecular complexity index is 927. The van der Waals surface area contributed by atoms with E-state index in [-0.39, 0.29) is 5.91 Å². The Balaban J connectivity index is 1.40. The van der Waals surface area contributed by atoms with Crippen LogP contribution < -0.4 is 0 Å². The minimum absolute atomic E-state index is 0.223. The number of fused-ring (bicyclic) bond motifs is 1. The third-order valence-corrected chi connectivity index (χ3v) is 5.46. The first-order valence-electron chi connectivity index (χ1n) is 9.17. The van der Waals surface area contributed by atoms with Crippen molar-refractivity contribution in [2.45, 2.75) is 38.5 Å². The van der Waals surface area contributed by atoms with Crippen LogP contribution in [0.15, 0.2) is 24.5 Å². The van der Waals surface area contributed by atoms with Crippen molar-refractivity contribution in [1.82, 2.24) is 29.9 Å². The Morgan fingerprint density at radius 1 is 1.35 bits per heavy atom. The standard InChI is InChI=1S/C19H24N6O/c1-13-14(11-21-24(13)2)6-8-18(26)25-9-3-4-16(12-25)17-7-5-15-10-20-23-19(15)22-17/h5,7,10-11,16H,3-4,6,8-9,12H2,1-2H3,(H,20,22,23)/t16-/m1/s1. The van der Waals surface area contributed by atoms with Crippen LogP contribution in [0.4, 0.5) is 0 Å². The molecule has 7 heteroatoms. The number of H-pyrrole nitrogens is 1. The topological polar surface area (TPSA) is 79.7 Å². The number of carbonyl (C=O) groups excluding carboxylic acids is 1. The molecular weight excluding hydrogens is 328 g/mol. The maximum absolute atomic E-state index is 12.7. The van der Waals surface area contributed by atoms with Gasteiger partial charge in [-0.25, -0.2) is 4.98 Å². The normalized spacial score (nSPS) is 17.8. The van der Waals surface area contributed by atoms with Crippen molar-refractivity contribution in [2.75, 3.05) is 13.1 Å². The van der Waals surface area contributed by atoms with E-state index in [0.29, 0.717) is 12.3 Å². The summed E-state index contributed by atoms with van der Waals surface area (Å²) in [5, 5.41) is 12.2. The van der Waals surface area contributed by atoms with Gasteiger partial charge in [-0.05, 0) is 43.9 Å². The maximum Gasteiger partial charge on any atom is 0.222 e. The van der Waals surface area contributed by atoms with Gasteiger partial charge in [0.15, 0.2) is 5.65 Å². The van der Waals surface area contributed by atoms with E-state index < -0.39 is 0 Å². The highest BCUT2D eigenvalue weighted by Gasteiger charge is 2.25. The SMILES string of the molecule is Cc1c(CCC(=O)N2CCC[C@@H](c3ccc4cn[nH]c4n3)C2)cnn1C. The highest BCUT2D eigenvalue weighted by Crippen LogP contribution is 2.27. The number of aryl methyl sites for hydroxylation is 2. The van der Waals surface area contributed by atoms with Crippen molar-refractivity contribution in [3.63, 3.8) is 0 Å². The summed E-state index contributed by atoms with van der Waals surface area (Å²) in [5.41, 5.74) is 4.15. The van der Waals surface area contributed by atoms with E-state index in [2.05, 4.69) is 21.4 Å². The molecule has 1 aliphatic rings. The van der Waals surface area contributed by atoms with Gasteiger partial charge < -0.3 is 4.90 Å². The second kappa shape index (κ2) is 6.90. The summed E-state index contributed by atoms with van der Waals surface area (Å²) in [6, 6.07) is 4.11. The molecule has 0 spiro atoms. The molecule has 1 saturated heterocycles. The number of carbonyl (C=O) groups is 1. The molecule has 1 amide bonds. The molecule has 0 aromatic carbocycles. The molecule has 4 rings (SSSR count). The number of piperidine rings is 1. The summed E-state index contributed by atoms with van der Waals surface area (Å²) >= 11 is 0. The van der Waals surface area contributed by atoms with Gasteiger partial charge in [0.2, 0.25) is 5.91 Å². The summed E-state index contributed by atoms with van der Waals surface area (Å²) in [5.74, 6) is 0.515. The zero-order valence-electron chi connectivity index (χ0n) is 15.3. The van der Waals surface area contributed by atoms with Gasteiger partial charge in [0, 0.05) is 49.2 Å². The van der Waals surface area contributed by atoms with Crippen molar-refractivity contribution >= 4 is 16.9 Å². The Morgan fingerprint density at radius 3 is 3.04 bits per heavy atom. The number of rotatable bonds is 4. The summed E-state index contributed by atoms with van der Waals surface area (Å²) < 4.78 is 1.86. The Morgan fingerprint density at radius 2 is 2.23 bits per heavy atom. The molecule has 4 heterocycles. The fraction of sp³-hybridized carbons (Fsp3) is 0.474. The fourth-order valence-electron chi connectivity index (χ4n) is 3.70. The molecule has 3 aromatic heterocycles. The first kappa shape index (κ1) is 16.8. The van der Waals surface area contributed by atoms with Gasteiger partial charge in [0.05, 0.1) is 12.4 Å². The number of nitrogens with one attached hydrogen (secondary N) is 1. The van der Waals surface area contributed by atoms with Crippen molar-refractivity contribution in [1.29, 1.82) is 0 Å². The zero-order valence-corrected chi connectivity index (χ0v) is 15.3. The molecule has 0 saturated carbocycles. The van der Waals surface area contributed by atoms with Crippen molar-refractivity contribution < 1.29 is 4.79 Å². The van der Waals surface area contributed by atoms with Crippen molar-refractivity contribution in [3.8, 4) is 0 Å². The lowest BCUT2D eigenvalue weighted by Gasteiger charge is -2.32. The molecule has 7 nitrogen and oxygen atoms in total. The molecule has 0 bridgehead atoms. The Hall–Kier alpha value is -2.70. The third kappa shape index (κ3) is 3.21. The van der Waals surface area contributed by atoms with E-state index in [1.165, 1.54) is 0 Å². The molecule has 0 aliphatic carbocycles. The van der Waals surface area contributed by atoms with Crippen LogP contribution in [-0.4, -0.2) is 48.9 Å². The van der Waals surface area contributed by atoms with Crippen LogP contribution in [0.2, 0.25) is 0 Å². The fourth-order valence-corrected chi connectivity index (χ4v) is 3.70. The largest absolute Gasteiger partial charge is 0.342 e. The minimum atomic E-state index is 0.223. The van der Waals surface area contributed by atoms with Gasteiger partial charge in [-0.15, -0.1) is 0 Å². The van der Waals surface area contributed by atoms with E-state index >= 15 is 0 Å². The minimum Gasteiger partial charge on any atom is -0.342 e. The van der Waals surface area contributed by atoms with Gasteiger partial charge in [0.1, 0.15) is 0 Å². The first-order valence-corrected chi connectivity index (χ1v) is 9.17. The van der Waals surface area contributed by atoms with Crippen molar-refractivity contribution in [3.05, 3.63) is 41.5 Å². The van der Waals surface area contributed by atoms with E-state index in [1.807, 2.05) is 35.8 Å².